The van der Waals surface area contributed by atoms with E-state index in [0.29, 0.717) is 19.2 Å². The number of phenols is 3. The summed E-state index contributed by atoms with van der Waals surface area (Å²) in [6.07, 6.45) is -12.4. The minimum Gasteiger partial charge on any atom is -0.507 e. The van der Waals surface area contributed by atoms with Crippen molar-refractivity contribution >= 4 is 105 Å². The highest BCUT2D eigenvalue weighted by Gasteiger charge is 2.53. The van der Waals surface area contributed by atoms with Gasteiger partial charge in [-0.3, -0.25) is 52.1 Å². The molecule has 7 aliphatic rings. The van der Waals surface area contributed by atoms with E-state index in [9.17, 15) is 103 Å². The minimum atomic E-state index is -5.41. The standard InChI is InChI=1S/C90H119Cl2N12O34P3/c1-7-8-9-10-11-12-13-14-25-95-26-27-97-90(5)37-66(133-43(4)81(90)115)137-80-78(114)77(113)63(39-105)136-89(80)138-79-61-33-48-34-62(79)135-60-24-19-47(32-54(60)92)75(111)73-87(121)102-71(88(122)132-40-65(109)98-49-20-15-44(16-21-49)29-67(140(126,127)128)141(129,130)131)51-35-58(107)52(38-96-41-139(123,124)125)76(112)68(51)50-30-45(17-22-57(50)106)69(84(118)104-73)101-85(119)70(48)100-83(117)56(36-64(93)108)99-86(120)72(103-82(116)55(94-6)28-42(2)3)74(110)46-18-23-59(134-61)53(91)31-46/h15-24,30-35,42-43,55-56,63,66-67,69-75,77-78,80-81,89,94-97,105-107,110-115H,7-14,25-29,36-41H2,1-6H3,(H2,93,108)(H,98,109)(H,99,120)(H,100,117)(H,101,119)(H,102,121)(H,103,116)(H,104,118)(H2,123,124,125)(H2,126,127,128)(H2,129,130,131)/t43?,55?,56?,63?,66?,69?,70?,71-,72?,73?,74+,75-,77?,78?,80?,81?,89?,90-/m1/s1. The Balaban J connectivity index is 1.08. The van der Waals surface area contributed by atoms with Crippen molar-refractivity contribution in [1.82, 2.24) is 53.2 Å². The molecule has 46 nitrogen and oxygen atoms in total. The number of hydrogen-bond donors (Lipinski definition) is 27. The number of aliphatic hydroxyl groups is 6. The Bertz CT molecular complexity index is 5660. The smallest absolute Gasteiger partial charge is 0.341 e. The topological polar surface area (TPSA) is 731 Å². The maximum absolute atomic E-state index is 16.6. The van der Waals surface area contributed by atoms with Gasteiger partial charge in [-0.15, -0.1) is 0 Å². The van der Waals surface area contributed by atoms with Crippen LogP contribution < -0.4 is 78.4 Å². The molecule has 7 heterocycles. The van der Waals surface area contributed by atoms with Crippen molar-refractivity contribution < 1.29 is 165 Å². The molecule has 2 fully saturated rings. The summed E-state index contributed by atoms with van der Waals surface area (Å²) in [7, 11) is -14.3. The van der Waals surface area contributed by atoms with E-state index in [0.717, 1.165) is 124 Å². The summed E-state index contributed by atoms with van der Waals surface area (Å²) in [6.45, 7) is 7.33. The van der Waals surface area contributed by atoms with Gasteiger partial charge in [-0.05, 0) is 147 Å². The predicted molar refractivity (Wildman–Crippen MR) is 502 cm³/mol. The number of likely N-dealkylation sites (N-methyl/N-ethyl adjacent to an activating group) is 1. The number of aromatic hydroxyl groups is 3. The number of benzene rings is 6. The number of anilines is 1. The summed E-state index contributed by atoms with van der Waals surface area (Å²) in [4.78, 5) is 195. The van der Waals surface area contributed by atoms with Gasteiger partial charge in [0.2, 0.25) is 53.4 Å². The maximum Gasteiger partial charge on any atom is 0.341 e. The number of nitrogens with one attached hydrogen (secondary N) is 11. The van der Waals surface area contributed by atoms with E-state index in [2.05, 4.69) is 65.4 Å². The van der Waals surface area contributed by atoms with Gasteiger partial charge in [-0.2, -0.15) is 0 Å². The minimum absolute atomic E-state index is 0.0348. The number of primary amides is 1. The number of phenolic OH excluding ortho intramolecular Hbond substituents is 3. The third-order valence-electron chi connectivity index (χ3n) is 24.4. The zero-order valence-corrected chi connectivity index (χ0v) is 81.5. The first-order valence-electron chi connectivity index (χ1n) is 45.3. The van der Waals surface area contributed by atoms with Crippen LogP contribution in [0.4, 0.5) is 5.69 Å². The first kappa shape index (κ1) is 111. The van der Waals surface area contributed by atoms with Crippen LogP contribution in [0.2, 0.25) is 10.0 Å². The molecule has 8 amide bonds. The molecule has 13 rings (SSSR count). The molecule has 11 bridgehead atoms. The zero-order valence-electron chi connectivity index (χ0n) is 77.3. The summed E-state index contributed by atoms with van der Waals surface area (Å²) in [5.41, 5.74) is -0.273. The molecule has 18 atom stereocenters. The van der Waals surface area contributed by atoms with E-state index >= 15 is 28.8 Å². The maximum atomic E-state index is 16.6. The van der Waals surface area contributed by atoms with Crippen molar-refractivity contribution in [3.63, 3.8) is 0 Å². The lowest BCUT2D eigenvalue weighted by atomic mass is 9.85. The van der Waals surface area contributed by atoms with Gasteiger partial charge < -0.3 is 173 Å². The molecule has 0 saturated carbocycles. The SMILES string of the molecule is CCCCCCCCCCNCCN[C@]1(C)CC(OC2C(Oc3c4cc5cc3Oc3ccc(cc3Cl)[C@H](O)C(NC(=O)C(CC(C)C)NC)C(=O)NC(CC(N)=O)C(=O)NC5C(=O)NC3C(=O)NC(C(=O)N[C@@H](C(=O)OCC(=O)Nc5ccc(CC(P(=O)(O)O)P(=O)(O)O)cc5)c5cc(O)c(CNCP(=O)(O)O)c(O)c5-c5cc3ccc5O)[C@H](O)c3ccc(c(Cl)c3)O4)OC(CO)C(O)C2O)OC(C)C1O. The Morgan fingerprint density at radius 3 is 1.85 bits per heavy atom. The largest absolute Gasteiger partial charge is 0.507 e. The summed E-state index contributed by atoms with van der Waals surface area (Å²) >= 11 is 14.5. The summed E-state index contributed by atoms with van der Waals surface area (Å²) in [5.74, 6) is -19.1. The van der Waals surface area contributed by atoms with Gasteiger partial charge in [0, 0.05) is 54.0 Å². The molecule has 772 valence electrons. The molecule has 14 unspecified atom stereocenters. The van der Waals surface area contributed by atoms with E-state index < -0.39 is 325 Å². The van der Waals surface area contributed by atoms with Crippen molar-refractivity contribution in [3.05, 3.63) is 146 Å². The number of nitrogens with two attached hydrogens (primary N) is 1. The van der Waals surface area contributed by atoms with Crippen LogP contribution in [-0.2, 0) is 88.8 Å². The van der Waals surface area contributed by atoms with E-state index in [1.807, 2.05) is 0 Å². The predicted octanol–water partition coefficient (Wildman–Crippen LogP) is 3.01. The third kappa shape index (κ3) is 28.5. The van der Waals surface area contributed by atoms with E-state index in [1.165, 1.54) is 32.4 Å². The number of aliphatic hydroxyl groups excluding tert-OH is 6. The number of amides is 8. The second kappa shape index (κ2) is 48.5. The van der Waals surface area contributed by atoms with Crippen molar-refractivity contribution in [3.8, 4) is 57.1 Å². The molecule has 6 aromatic rings. The average Bonchev–Trinajstić information content (AvgIpc) is 0.754. The van der Waals surface area contributed by atoms with Gasteiger partial charge in [-0.1, -0.05) is 119 Å². The van der Waals surface area contributed by atoms with Gasteiger partial charge in [0.25, 0.3) is 5.91 Å². The lowest BCUT2D eigenvalue weighted by Gasteiger charge is -2.48. The van der Waals surface area contributed by atoms with Crippen LogP contribution in [0.5, 0.6) is 46.0 Å². The number of hydrogen-bond acceptors (Lipinski definition) is 32. The van der Waals surface area contributed by atoms with Crippen LogP contribution >= 0.6 is 46.0 Å². The molecular formula is C90H119Cl2N12O34P3. The Hall–Kier alpha value is -10.1. The molecule has 0 aliphatic carbocycles. The van der Waals surface area contributed by atoms with Gasteiger partial charge in [0.05, 0.1) is 53.2 Å². The number of halogens is 2. The van der Waals surface area contributed by atoms with E-state index in [1.54, 1.807) is 27.7 Å². The van der Waals surface area contributed by atoms with Crippen LogP contribution in [0.25, 0.3) is 11.1 Å². The van der Waals surface area contributed by atoms with Crippen LogP contribution in [0.15, 0.2) is 97.1 Å². The number of rotatable bonds is 37. The molecule has 2 saturated heterocycles. The van der Waals surface area contributed by atoms with Crippen LogP contribution in [-0.4, -0.2) is 259 Å². The van der Waals surface area contributed by atoms with Gasteiger partial charge >= 0.3 is 28.8 Å². The Kier molecular flexibility index (Phi) is 38.3. The molecule has 0 radical (unpaired) electrons. The third-order valence-corrected chi connectivity index (χ3v) is 29.4. The van der Waals surface area contributed by atoms with Crippen molar-refractivity contribution in [1.29, 1.82) is 0 Å². The van der Waals surface area contributed by atoms with Crippen molar-refractivity contribution in [2.45, 2.75) is 233 Å². The van der Waals surface area contributed by atoms with Crippen molar-refractivity contribution in [2.24, 2.45) is 11.7 Å². The van der Waals surface area contributed by atoms with Crippen LogP contribution in [0.1, 0.15) is 175 Å². The summed E-state index contributed by atoms with van der Waals surface area (Å²) in [5, 5.41) is 135. The lowest BCUT2D eigenvalue weighted by Crippen LogP contribution is -2.65. The second-order valence-corrected chi connectivity index (χ2v) is 42.1. The Morgan fingerprint density at radius 2 is 1.26 bits per heavy atom. The molecule has 51 heteroatoms. The lowest BCUT2D eigenvalue weighted by molar-refractivity contribution is -0.334. The van der Waals surface area contributed by atoms with E-state index in [-0.39, 0.29) is 35.6 Å². The fourth-order valence-electron chi connectivity index (χ4n) is 16.9. The molecule has 141 heavy (non-hydrogen) atoms. The van der Waals surface area contributed by atoms with Gasteiger partial charge in [-0.25, -0.2) is 4.79 Å². The first-order valence-corrected chi connectivity index (χ1v) is 51.2. The number of ether oxygens (including phenoxy) is 7. The number of unbranched alkanes of at least 4 members (excludes halogenated alkanes) is 7. The quantitative estimate of drug-likeness (QED) is 0.0151. The average molecular weight is 2080 g/mol. The number of carbonyl (C=O) groups is 9. The Morgan fingerprint density at radius 1 is 0.652 bits per heavy atom. The molecule has 0 spiro atoms. The van der Waals surface area contributed by atoms with Gasteiger partial charge in [0.15, 0.2) is 41.9 Å². The monoisotopic (exact) mass is 2070 g/mol. The second-order valence-electron chi connectivity index (χ2n) is 35.7. The number of fused-ring (bicyclic) bond motifs is 15. The first-order chi connectivity index (χ1) is 66.5. The molecule has 28 N–H and O–H groups in total. The highest BCUT2D eigenvalue weighted by atomic mass is 35.5. The molecular weight excluding hydrogens is 1960 g/mol. The number of esters is 1. The number of carbonyl (C=O) groups excluding carboxylic acids is 9. The molecule has 0 aromatic heterocycles. The summed E-state index contributed by atoms with van der Waals surface area (Å²) in [6, 6.07) is 1.02. The highest BCUT2D eigenvalue weighted by molar-refractivity contribution is 7.70. The zero-order chi connectivity index (χ0) is 103. The fourth-order valence-corrected chi connectivity index (χ4v) is 20.3. The van der Waals surface area contributed by atoms with Crippen molar-refractivity contribution in [2.75, 3.05) is 51.5 Å². The van der Waals surface area contributed by atoms with E-state index in [4.69, 9.17) is 62.1 Å². The Labute approximate surface area is 818 Å². The fraction of sp³-hybridized carbons (Fsp3) is 0.500. The molecule has 7 aliphatic heterocycles. The summed E-state index contributed by atoms with van der Waals surface area (Å²) < 4.78 is 81.6. The van der Waals surface area contributed by atoms with Gasteiger partial charge in [0.1, 0.15) is 89.5 Å². The normalized spacial score (nSPS) is 24.8. The highest BCUT2D eigenvalue weighted by Crippen LogP contribution is 2.61. The van der Waals surface area contributed by atoms with Crippen LogP contribution in [0, 0.1) is 5.92 Å². The van der Waals surface area contributed by atoms with Crippen LogP contribution in [0.3, 0.4) is 0 Å². The molecule has 6 aromatic carbocycles.